The Kier molecular flexibility index (Phi) is 3.47. The molecule has 1 fully saturated rings. The summed E-state index contributed by atoms with van der Waals surface area (Å²) < 4.78 is 5.38. The molecular formula is C17H13N5O3. The van der Waals surface area contributed by atoms with E-state index < -0.39 is 0 Å². The first kappa shape index (κ1) is 15.0. The molecule has 1 aliphatic heterocycles. The maximum atomic E-state index is 12.7. The molecule has 2 aromatic heterocycles. The van der Waals surface area contributed by atoms with Gasteiger partial charge >= 0.3 is 0 Å². The van der Waals surface area contributed by atoms with E-state index in [4.69, 9.17) is 9.68 Å². The van der Waals surface area contributed by atoms with Crippen molar-refractivity contribution in [2.75, 3.05) is 13.1 Å². The Morgan fingerprint density at radius 2 is 2.04 bits per heavy atom. The van der Waals surface area contributed by atoms with Crippen molar-refractivity contribution in [2.45, 2.75) is 5.92 Å². The van der Waals surface area contributed by atoms with Crippen molar-refractivity contribution in [2.24, 2.45) is 0 Å². The van der Waals surface area contributed by atoms with Crippen molar-refractivity contribution in [3.63, 3.8) is 0 Å². The van der Waals surface area contributed by atoms with Crippen molar-refractivity contribution in [3.8, 4) is 17.4 Å². The highest BCUT2D eigenvalue weighted by atomic mass is 16.3. The van der Waals surface area contributed by atoms with Crippen LogP contribution in [0, 0.1) is 11.3 Å². The van der Waals surface area contributed by atoms with Gasteiger partial charge in [0.15, 0.2) is 17.8 Å². The zero-order valence-electron chi connectivity index (χ0n) is 13.0. The molecule has 3 aromatic rings. The lowest BCUT2D eigenvalue weighted by Crippen LogP contribution is -2.48. The highest BCUT2D eigenvalue weighted by Crippen LogP contribution is 2.29. The molecule has 1 amide bonds. The van der Waals surface area contributed by atoms with E-state index >= 15 is 0 Å². The number of H-pyrrole nitrogens is 2. The van der Waals surface area contributed by atoms with Gasteiger partial charge in [0.05, 0.1) is 11.6 Å². The Labute approximate surface area is 141 Å². The van der Waals surface area contributed by atoms with Gasteiger partial charge in [0.1, 0.15) is 0 Å². The van der Waals surface area contributed by atoms with Gasteiger partial charge in [-0.15, -0.1) is 0 Å². The summed E-state index contributed by atoms with van der Waals surface area (Å²) in [6.45, 7) is 1.01. The molecule has 4 rings (SSSR count). The van der Waals surface area contributed by atoms with Gasteiger partial charge in [-0.25, -0.2) is 4.98 Å². The van der Waals surface area contributed by atoms with Crippen molar-refractivity contribution in [3.05, 3.63) is 64.0 Å². The molecule has 8 heteroatoms. The number of carbonyl (C=O) groups excluding carboxylic acids is 1. The molecule has 1 aliphatic rings. The number of carbonyl (C=O) groups is 1. The summed E-state index contributed by atoms with van der Waals surface area (Å²) in [6.07, 6.45) is 1.24. The number of amides is 1. The number of likely N-dealkylation sites (tertiary alicyclic amines) is 1. The van der Waals surface area contributed by atoms with Crippen LogP contribution in [0.1, 0.15) is 27.7 Å². The predicted octanol–water partition coefficient (Wildman–Crippen LogP) is 1.47. The lowest BCUT2D eigenvalue weighted by atomic mass is 9.95. The Morgan fingerprint density at radius 1 is 1.28 bits per heavy atom. The van der Waals surface area contributed by atoms with Crippen LogP contribution in [0.2, 0.25) is 0 Å². The number of benzene rings is 1. The topological polar surface area (TPSA) is 119 Å². The second kappa shape index (κ2) is 5.79. The molecular weight excluding hydrogens is 322 g/mol. The second-order valence-electron chi connectivity index (χ2n) is 5.84. The second-order valence-corrected chi connectivity index (χ2v) is 5.84. The third kappa shape index (κ3) is 2.61. The zero-order valence-corrected chi connectivity index (χ0v) is 13.0. The van der Waals surface area contributed by atoms with Crippen LogP contribution < -0.4 is 5.56 Å². The summed E-state index contributed by atoms with van der Waals surface area (Å²) in [5.41, 5.74) is 2.07. The van der Waals surface area contributed by atoms with Gasteiger partial charge in [0.2, 0.25) is 0 Å². The Balaban J connectivity index is 1.51. The number of hydrogen-bond donors (Lipinski definition) is 2. The van der Waals surface area contributed by atoms with E-state index in [0.29, 0.717) is 30.0 Å². The van der Waals surface area contributed by atoms with Crippen molar-refractivity contribution in [1.29, 1.82) is 5.26 Å². The summed E-state index contributed by atoms with van der Waals surface area (Å²) in [6, 6.07) is 10.3. The fourth-order valence-corrected chi connectivity index (χ4v) is 2.86. The van der Waals surface area contributed by atoms with E-state index in [-0.39, 0.29) is 23.1 Å². The van der Waals surface area contributed by atoms with Crippen LogP contribution in [0.25, 0.3) is 11.3 Å². The van der Waals surface area contributed by atoms with Crippen LogP contribution in [0.3, 0.4) is 0 Å². The van der Waals surface area contributed by atoms with Crippen molar-refractivity contribution in [1.82, 2.24) is 20.1 Å². The van der Waals surface area contributed by atoms with Crippen LogP contribution in [-0.2, 0) is 0 Å². The molecule has 0 aliphatic carbocycles. The highest BCUT2D eigenvalue weighted by Gasteiger charge is 2.35. The Morgan fingerprint density at radius 3 is 2.68 bits per heavy atom. The van der Waals surface area contributed by atoms with Crippen LogP contribution in [0.15, 0.2) is 45.9 Å². The Hall–Kier alpha value is -3.60. The minimum atomic E-state index is -0.220. The fraction of sp³-hybridized carbons (Fsp3) is 0.176. The summed E-state index contributed by atoms with van der Waals surface area (Å²) in [7, 11) is 0. The summed E-state index contributed by atoms with van der Waals surface area (Å²) >= 11 is 0. The van der Waals surface area contributed by atoms with Gasteiger partial charge in [-0.3, -0.25) is 14.7 Å². The van der Waals surface area contributed by atoms with Crippen molar-refractivity contribution >= 4 is 5.91 Å². The van der Waals surface area contributed by atoms with E-state index in [2.05, 4.69) is 15.2 Å². The molecule has 2 N–H and O–H groups in total. The monoisotopic (exact) mass is 335 g/mol. The number of aromatic nitrogens is 3. The fourth-order valence-electron chi connectivity index (χ4n) is 2.86. The van der Waals surface area contributed by atoms with Crippen LogP contribution in [-0.4, -0.2) is 39.1 Å². The lowest BCUT2D eigenvalue weighted by molar-refractivity contribution is 0.0593. The third-order valence-electron chi connectivity index (χ3n) is 4.27. The lowest BCUT2D eigenvalue weighted by Gasteiger charge is -2.38. The van der Waals surface area contributed by atoms with Crippen LogP contribution >= 0.6 is 0 Å². The average Bonchev–Trinajstić information content (AvgIpc) is 3.23. The number of hydrogen-bond acceptors (Lipinski definition) is 5. The molecule has 0 saturated carbocycles. The molecule has 0 atom stereocenters. The summed E-state index contributed by atoms with van der Waals surface area (Å²) in [5, 5.41) is 14.2. The number of aromatic amines is 2. The Bertz CT molecular complexity index is 1020. The number of oxazole rings is 1. The standard InChI is InChI=1S/C17H13N5O3/c18-6-10-1-3-11(4-2-10)16-15(19-9-25-16)17(24)22-7-12(8-22)13-5-14(23)21-20-13/h1-5,9,12H,7-8H2,(H2,20,21,23). The SMILES string of the molecule is N#Cc1ccc(-c2ocnc2C(=O)N2CC(c3cc(=O)[nH][nH]3)C2)cc1. The first-order chi connectivity index (χ1) is 12.2. The first-order valence-electron chi connectivity index (χ1n) is 7.66. The van der Waals surface area contributed by atoms with Gasteiger partial charge in [0.25, 0.3) is 11.5 Å². The predicted molar refractivity (Wildman–Crippen MR) is 86.7 cm³/mol. The van der Waals surface area contributed by atoms with E-state index in [1.165, 1.54) is 12.5 Å². The van der Waals surface area contributed by atoms with E-state index in [0.717, 1.165) is 5.69 Å². The van der Waals surface area contributed by atoms with Gasteiger partial charge in [0, 0.05) is 36.3 Å². The largest absolute Gasteiger partial charge is 0.443 e. The third-order valence-corrected chi connectivity index (χ3v) is 4.27. The number of rotatable bonds is 3. The van der Waals surface area contributed by atoms with E-state index in [9.17, 15) is 9.59 Å². The first-order valence-corrected chi connectivity index (χ1v) is 7.66. The molecule has 0 radical (unpaired) electrons. The quantitative estimate of drug-likeness (QED) is 0.751. The average molecular weight is 335 g/mol. The van der Waals surface area contributed by atoms with E-state index in [1.807, 2.05) is 6.07 Å². The van der Waals surface area contributed by atoms with Gasteiger partial charge in [-0.2, -0.15) is 5.26 Å². The minimum absolute atomic E-state index is 0.105. The van der Waals surface area contributed by atoms with Gasteiger partial charge in [-0.05, 0) is 24.3 Å². The molecule has 8 nitrogen and oxygen atoms in total. The molecule has 124 valence electrons. The molecule has 1 saturated heterocycles. The maximum absolute atomic E-state index is 12.7. The molecule has 0 spiro atoms. The van der Waals surface area contributed by atoms with E-state index in [1.54, 1.807) is 29.2 Å². The molecule has 25 heavy (non-hydrogen) atoms. The normalized spacial score (nSPS) is 14.1. The van der Waals surface area contributed by atoms with Crippen LogP contribution in [0.4, 0.5) is 0 Å². The summed E-state index contributed by atoms with van der Waals surface area (Å²) in [5.74, 6) is 0.267. The number of nitrogens with one attached hydrogen (secondary N) is 2. The zero-order chi connectivity index (χ0) is 17.4. The molecule has 0 bridgehead atoms. The highest BCUT2D eigenvalue weighted by molar-refractivity contribution is 5.98. The van der Waals surface area contributed by atoms with Gasteiger partial charge < -0.3 is 14.4 Å². The van der Waals surface area contributed by atoms with Crippen molar-refractivity contribution < 1.29 is 9.21 Å². The minimum Gasteiger partial charge on any atom is -0.443 e. The molecule has 0 unspecified atom stereocenters. The molecule has 3 heterocycles. The molecule has 1 aromatic carbocycles. The van der Waals surface area contributed by atoms with Gasteiger partial charge in [-0.1, -0.05) is 0 Å². The maximum Gasteiger partial charge on any atom is 0.276 e. The van der Waals surface area contributed by atoms with Crippen LogP contribution in [0.5, 0.6) is 0 Å². The summed E-state index contributed by atoms with van der Waals surface area (Å²) in [4.78, 5) is 29.5. The number of nitrogens with zero attached hydrogens (tertiary/aromatic N) is 3. The smallest absolute Gasteiger partial charge is 0.276 e. The number of nitriles is 1.